The largest absolute Gasteiger partial charge is 0.363 e. The third kappa shape index (κ3) is 3.23. The Balaban J connectivity index is 1.87. The molecule has 0 saturated carbocycles. The molecule has 0 atom stereocenters. The van der Waals surface area contributed by atoms with Crippen LogP contribution < -0.4 is 4.90 Å². The molecule has 3 heteroatoms. The van der Waals surface area contributed by atoms with Gasteiger partial charge in [0.2, 0.25) is 0 Å². The van der Waals surface area contributed by atoms with Crippen LogP contribution in [0.25, 0.3) is 10.8 Å². The van der Waals surface area contributed by atoms with E-state index < -0.39 is 0 Å². The van der Waals surface area contributed by atoms with Crippen molar-refractivity contribution in [2.24, 2.45) is 0 Å². The molecule has 0 unspecified atom stereocenters. The zero-order valence-corrected chi connectivity index (χ0v) is 14.4. The van der Waals surface area contributed by atoms with Crippen molar-refractivity contribution in [2.75, 3.05) is 18.5 Å². The zero-order chi connectivity index (χ0) is 15.4. The van der Waals surface area contributed by atoms with Gasteiger partial charge in [-0.25, -0.2) is 0 Å². The van der Waals surface area contributed by atoms with Crippen molar-refractivity contribution in [2.45, 2.75) is 0 Å². The number of nitrogens with zero attached hydrogens (tertiary/aromatic N) is 2. The van der Waals surface area contributed by atoms with E-state index in [-0.39, 0.29) is 0 Å². The first-order chi connectivity index (χ1) is 10.8. The molecular weight excluding hydrogens is 383 g/mol. The SMILES string of the molecule is CN(CC#Cc1cccnc1)c1cccc2cccc(I)c12. The highest BCUT2D eigenvalue weighted by Gasteiger charge is 2.07. The van der Waals surface area contributed by atoms with Crippen LogP contribution in [-0.4, -0.2) is 18.6 Å². The normalized spacial score (nSPS) is 10.1. The third-order valence-electron chi connectivity index (χ3n) is 3.45. The number of hydrogen-bond donors (Lipinski definition) is 0. The first kappa shape index (κ1) is 14.9. The smallest absolute Gasteiger partial charge is 0.0795 e. The lowest BCUT2D eigenvalue weighted by atomic mass is 10.1. The van der Waals surface area contributed by atoms with Gasteiger partial charge >= 0.3 is 0 Å². The molecule has 2 aromatic carbocycles. The molecule has 0 spiro atoms. The van der Waals surface area contributed by atoms with Crippen LogP contribution in [0.4, 0.5) is 5.69 Å². The van der Waals surface area contributed by atoms with Gasteiger partial charge in [-0.05, 0) is 52.2 Å². The molecule has 0 fully saturated rings. The molecule has 1 heterocycles. The van der Waals surface area contributed by atoms with Crippen LogP contribution in [0.1, 0.15) is 5.56 Å². The van der Waals surface area contributed by atoms with E-state index in [0.717, 1.165) is 5.56 Å². The first-order valence-corrected chi connectivity index (χ1v) is 8.11. The molecule has 3 aromatic rings. The molecule has 1 aromatic heterocycles. The zero-order valence-electron chi connectivity index (χ0n) is 12.3. The summed E-state index contributed by atoms with van der Waals surface area (Å²) < 4.78 is 1.26. The Kier molecular flexibility index (Phi) is 4.59. The second kappa shape index (κ2) is 6.80. The number of halogens is 1. The molecular formula is C19H15IN2. The highest BCUT2D eigenvalue weighted by molar-refractivity contribution is 14.1. The van der Waals surface area contributed by atoms with Crippen molar-refractivity contribution < 1.29 is 0 Å². The van der Waals surface area contributed by atoms with E-state index in [1.807, 2.05) is 12.1 Å². The molecule has 0 aliphatic rings. The first-order valence-electron chi connectivity index (χ1n) is 7.03. The van der Waals surface area contributed by atoms with Gasteiger partial charge in [0.25, 0.3) is 0 Å². The standard InChI is InChI=1S/C19H15IN2/c1-22(13-5-7-15-6-4-12-21-14-15)18-11-3-9-16-8-2-10-17(20)19(16)18/h2-4,6,8-12,14H,13H2,1H3. The summed E-state index contributed by atoms with van der Waals surface area (Å²) in [5.41, 5.74) is 2.16. The van der Waals surface area contributed by atoms with Crippen molar-refractivity contribution in [3.8, 4) is 11.8 Å². The molecule has 0 aliphatic carbocycles. The van der Waals surface area contributed by atoms with Crippen LogP contribution >= 0.6 is 22.6 Å². The van der Waals surface area contributed by atoms with Crippen molar-refractivity contribution in [1.29, 1.82) is 0 Å². The van der Waals surface area contributed by atoms with Crippen molar-refractivity contribution in [3.05, 3.63) is 70.1 Å². The van der Waals surface area contributed by atoms with Gasteiger partial charge in [0.15, 0.2) is 0 Å². The number of anilines is 1. The van der Waals surface area contributed by atoms with Gasteiger partial charge in [-0.1, -0.05) is 36.1 Å². The molecule has 108 valence electrons. The lowest BCUT2D eigenvalue weighted by Gasteiger charge is -2.19. The molecule has 2 nitrogen and oxygen atoms in total. The summed E-state index contributed by atoms with van der Waals surface area (Å²) in [6.45, 7) is 0.680. The number of aromatic nitrogens is 1. The van der Waals surface area contributed by atoms with Crippen LogP contribution in [0.3, 0.4) is 0 Å². The van der Waals surface area contributed by atoms with Gasteiger partial charge < -0.3 is 4.90 Å². The highest BCUT2D eigenvalue weighted by atomic mass is 127. The summed E-state index contributed by atoms with van der Waals surface area (Å²) in [6.07, 6.45) is 3.54. The van der Waals surface area contributed by atoms with Crippen LogP contribution in [0.15, 0.2) is 60.9 Å². The lowest BCUT2D eigenvalue weighted by Crippen LogP contribution is -2.17. The van der Waals surface area contributed by atoms with E-state index in [0.29, 0.717) is 6.54 Å². The van der Waals surface area contributed by atoms with Crippen molar-refractivity contribution in [3.63, 3.8) is 0 Å². The fourth-order valence-corrected chi connectivity index (χ4v) is 3.17. The molecule has 22 heavy (non-hydrogen) atoms. The van der Waals surface area contributed by atoms with E-state index in [2.05, 4.69) is 87.8 Å². The summed E-state index contributed by atoms with van der Waals surface area (Å²) in [5, 5.41) is 2.55. The predicted molar refractivity (Wildman–Crippen MR) is 101 cm³/mol. The monoisotopic (exact) mass is 398 g/mol. The molecule has 0 N–H and O–H groups in total. The second-order valence-electron chi connectivity index (χ2n) is 5.01. The summed E-state index contributed by atoms with van der Waals surface area (Å²) in [6, 6.07) is 16.7. The van der Waals surface area contributed by atoms with Crippen LogP contribution in [0, 0.1) is 15.4 Å². The Bertz CT molecular complexity index is 842. The highest BCUT2D eigenvalue weighted by Crippen LogP contribution is 2.30. The number of hydrogen-bond acceptors (Lipinski definition) is 2. The quantitative estimate of drug-likeness (QED) is 0.472. The van der Waals surface area contributed by atoms with Gasteiger partial charge in [-0.15, -0.1) is 0 Å². The second-order valence-corrected chi connectivity index (χ2v) is 6.18. The maximum absolute atomic E-state index is 4.08. The van der Waals surface area contributed by atoms with Gasteiger partial charge in [0, 0.05) is 39.6 Å². The van der Waals surface area contributed by atoms with Gasteiger partial charge in [0.1, 0.15) is 0 Å². The average Bonchev–Trinajstić information content (AvgIpc) is 2.55. The lowest BCUT2D eigenvalue weighted by molar-refractivity contribution is 1.06. The van der Waals surface area contributed by atoms with Crippen LogP contribution in [-0.2, 0) is 0 Å². The fraction of sp³-hybridized carbons (Fsp3) is 0.105. The van der Waals surface area contributed by atoms with Gasteiger partial charge in [0.05, 0.1) is 6.54 Å². The summed E-state index contributed by atoms with van der Waals surface area (Å²) in [7, 11) is 2.08. The number of rotatable bonds is 2. The number of fused-ring (bicyclic) bond motifs is 1. The maximum Gasteiger partial charge on any atom is 0.0795 e. The topological polar surface area (TPSA) is 16.1 Å². The summed E-state index contributed by atoms with van der Waals surface area (Å²) in [4.78, 5) is 6.26. The molecule has 3 rings (SSSR count). The minimum atomic E-state index is 0.680. The van der Waals surface area contributed by atoms with Gasteiger partial charge in [-0.3, -0.25) is 4.98 Å². The minimum absolute atomic E-state index is 0.680. The number of pyridine rings is 1. The molecule has 0 amide bonds. The summed E-state index contributed by atoms with van der Waals surface area (Å²) in [5.74, 6) is 6.37. The van der Waals surface area contributed by atoms with Crippen molar-refractivity contribution >= 4 is 39.1 Å². The van der Waals surface area contributed by atoms with E-state index >= 15 is 0 Å². The Labute approximate surface area is 144 Å². The maximum atomic E-state index is 4.08. The van der Waals surface area contributed by atoms with Crippen LogP contribution in [0.2, 0.25) is 0 Å². The predicted octanol–water partition coefficient (Wildman–Crippen LogP) is 4.33. The molecule has 0 saturated heterocycles. The third-order valence-corrected chi connectivity index (χ3v) is 4.35. The molecule has 0 aliphatic heterocycles. The molecule has 0 bridgehead atoms. The molecule has 0 radical (unpaired) electrons. The number of benzene rings is 2. The Morgan fingerprint density at radius 3 is 2.68 bits per heavy atom. The van der Waals surface area contributed by atoms with E-state index in [9.17, 15) is 0 Å². The fourth-order valence-electron chi connectivity index (χ4n) is 2.38. The minimum Gasteiger partial charge on any atom is -0.363 e. The van der Waals surface area contributed by atoms with Crippen LogP contribution in [0.5, 0.6) is 0 Å². The van der Waals surface area contributed by atoms with E-state index in [1.54, 1.807) is 12.4 Å². The van der Waals surface area contributed by atoms with Crippen molar-refractivity contribution in [1.82, 2.24) is 4.98 Å². The Morgan fingerprint density at radius 2 is 1.91 bits per heavy atom. The average molecular weight is 398 g/mol. The Morgan fingerprint density at radius 1 is 1.09 bits per heavy atom. The van der Waals surface area contributed by atoms with Gasteiger partial charge in [-0.2, -0.15) is 0 Å². The Hall–Kier alpha value is -2.06. The van der Waals surface area contributed by atoms with E-state index in [4.69, 9.17) is 0 Å². The summed E-state index contributed by atoms with van der Waals surface area (Å²) >= 11 is 2.39. The van der Waals surface area contributed by atoms with E-state index in [1.165, 1.54) is 20.0 Å².